The van der Waals surface area contributed by atoms with Crippen LogP contribution < -0.4 is 5.73 Å². The third kappa shape index (κ3) is 2.17. The van der Waals surface area contributed by atoms with Crippen LogP contribution in [0.1, 0.15) is 32.1 Å². The number of hydrogen-bond acceptors (Lipinski definition) is 1. The van der Waals surface area contributed by atoms with Gasteiger partial charge in [-0.25, -0.2) is 4.39 Å². The van der Waals surface area contributed by atoms with Gasteiger partial charge in [-0.15, -0.1) is 0 Å². The second-order valence-electron chi connectivity index (χ2n) is 3.20. The van der Waals surface area contributed by atoms with Crippen LogP contribution in [0.4, 0.5) is 4.39 Å². The molecule has 2 nitrogen and oxygen atoms in total. The highest BCUT2D eigenvalue weighted by molar-refractivity contribution is 5.78. The van der Waals surface area contributed by atoms with E-state index in [1.165, 1.54) is 6.42 Å². The van der Waals surface area contributed by atoms with E-state index in [1.807, 2.05) is 0 Å². The Labute approximate surface area is 66.0 Å². The van der Waals surface area contributed by atoms with E-state index in [4.69, 9.17) is 5.73 Å². The normalized spacial score (nSPS) is 23.0. The zero-order chi connectivity index (χ0) is 8.27. The molecule has 1 aliphatic carbocycles. The van der Waals surface area contributed by atoms with Crippen molar-refractivity contribution in [2.75, 3.05) is 0 Å². The molecule has 0 aliphatic heterocycles. The predicted molar refractivity (Wildman–Crippen MR) is 40.7 cm³/mol. The van der Waals surface area contributed by atoms with Crippen LogP contribution in [0.15, 0.2) is 0 Å². The highest BCUT2D eigenvalue weighted by Gasteiger charge is 2.27. The molecule has 64 valence electrons. The lowest BCUT2D eigenvalue weighted by Crippen LogP contribution is -2.32. The predicted octanol–water partition coefficient (Wildman–Crippen LogP) is 1.39. The molecule has 1 unspecified atom stereocenters. The summed E-state index contributed by atoms with van der Waals surface area (Å²) in [5, 5.41) is 0. The van der Waals surface area contributed by atoms with Gasteiger partial charge in [-0.1, -0.05) is 19.3 Å². The fraction of sp³-hybridized carbons (Fsp3) is 0.875. The van der Waals surface area contributed by atoms with Crippen LogP contribution in [0.3, 0.4) is 0 Å². The van der Waals surface area contributed by atoms with Gasteiger partial charge >= 0.3 is 0 Å². The summed E-state index contributed by atoms with van der Waals surface area (Å²) in [4.78, 5) is 10.4. The maximum atomic E-state index is 12.9. The first-order valence-electron chi connectivity index (χ1n) is 4.15. The average Bonchev–Trinajstić information content (AvgIpc) is 2.05. The van der Waals surface area contributed by atoms with Gasteiger partial charge in [0.2, 0.25) is 0 Å². The Bertz CT molecular complexity index is 143. The first-order chi connectivity index (χ1) is 5.22. The Hall–Kier alpha value is -0.600. The molecule has 1 rings (SSSR count). The minimum absolute atomic E-state index is 0.0961. The maximum Gasteiger partial charge on any atom is 0.252 e. The van der Waals surface area contributed by atoms with E-state index in [0.29, 0.717) is 0 Å². The summed E-state index contributed by atoms with van der Waals surface area (Å²) >= 11 is 0. The summed E-state index contributed by atoms with van der Waals surface area (Å²) in [6, 6.07) is 0. The molecular weight excluding hydrogens is 145 g/mol. The molecule has 0 heterocycles. The molecule has 11 heavy (non-hydrogen) atoms. The molecule has 0 aromatic rings. The molecular formula is C8H14FNO. The lowest BCUT2D eigenvalue weighted by atomic mass is 9.86. The lowest BCUT2D eigenvalue weighted by Gasteiger charge is -2.22. The maximum absolute atomic E-state index is 12.9. The number of nitrogens with two attached hydrogens (primary N) is 1. The number of halogens is 1. The van der Waals surface area contributed by atoms with Gasteiger partial charge in [0, 0.05) is 0 Å². The molecule has 3 heteroatoms. The SMILES string of the molecule is NC(=O)C(F)C1CCCCC1. The standard InChI is InChI=1S/C8H14FNO/c9-7(8(10)11)6-4-2-1-3-5-6/h6-7H,1-5H2,(H2,10,11). The summed E-state index contributed by atoms with van der Waals surface area (Å²) in [6.45, 7) is 0. The number of hydrogen-bond donors (Lipinski definition) is 1. The van der Waals surface area contributed by atoms with Crippen molar-refractivity contribution in [3.63, 3.8) is 0 Å². The molecule has 0 aromatic heterocycles. The van der Waals surface area contributed by atoms with E-state index >= 15 is 0 Å². The molecule has 0 radical (unpaired) electrons. The van der Waals surface area contributed by atoms with Crippen molar-refractivity contribution in [2.24, 2.45) is 11.7 Å². The number of carbonyl (C=O) groups excluding carboxylic acids is 1. The van der Waals surface area contributed by atoms with E-state index < -0.39 is 12.1 Å². The van der Waals surface area contributed by atoms with Gasteiger partial charge in [-0.2, -0.15) is 0 Å². The van der Waals surface area contributed by atoms with Crippen molar-refractivity contribution < 1.29 is 9.18 Å². The third-order valence-electron chi connectivity index (χ3n) is 2.34. The largest absolute Gasteiger partial charge is 0.367 e. The number of carbonyl (C=O) groups is 1. The summed E-state index contributed by atoms with van der Waals surface area (Å²) in [7, 11) is 0. The van der Waals surface area contributed by atoms with Crippen LogP contribution in [-0.2, 0) is 4.79 Å². The summed E-state index contributed by atoms with van der Waals surface area (Å²) < 4.78 is 12.9. The van der Waals surface area contributed by atoms with E-state index in [2.05, 4.69) is 0 Å². The Morgan fingerprint density at radius 1 is 1.36 bits per heavy atom. The van der Waals surface area contributed by atoms with E-state index in [1.54, 1.807) is 0 Å². The number of amides is 1. The Balaban J connectivity index is 2.38. The molecule has 1 fully saturated rings. The molecule has 0 bridgehead atoms. The Kier molecular flexibility index (Phi) is 2.85. The second kappa shape index (κ2) is 3.69. The number of alkyl halides is 1. The van der Waals surface area contributed by atoms with Gasteiger partial charge in [0.15, 0.2) is 6.17 Å². The Morgan fingerprint density at radius 2 is 1.91 bits per heavy atom. The summed E-state index contributed by atoms with van der Waals surface area (Å²) in [5.74, 6) is -0.891. The first-order valence-corrected chi connectivity index (χ1v) is 4.15. The quantitative estimate of drug-likeness (QED) is 0.650. The van der Waals surface area contributed by atoms with Crippen LogP contribution in [-0.4, -0.2) is 12.1 Å². The molecule has 0 aromatic carbocycles. The van der Waals surface area contributed by atoms with Gasteiger partial charge in [0.05, 0.1) is 0 Å². The summed E-state index contributed by atoms with van der Waals surface area (Å²) in [6.07, 6.45) is 3.49. The van der Waals surface area contributed by atoms with Crippen molar-refractivity contribution in [2.45, 2.75) is 38.3 Å². The van der Waals surface area contributed by atoms with Gasteiger partial charge in [-0.05, 0) is 18.8 Å². The minimum atomic E-state index is -1.41. The van der Waals surface area contributed by atoms with E-state index in [9.17, 15) is 9.18 Å². The van der Waals surface area contributed by atoms with Gasteiger partial charge in [0.1, 0.15) is 0 Å². The molecule has 0 spiro atoms. The second-order valence-corrected chi connectivity index (χ2v) is 3.20. The molecule has 1 atom stereocenters. The van der Waals surface area contributed by atoms with Crippen molar-refractivity contribution in [1.82, 2.24) is 0 Å². The van der Waals surface area contributed by atoms with Crippen molar-refractivity contribution in [3.05, 3.63) is 0 Å². The molecule has 0 saturated heterocycles. The van der Waals surface area contributed by atoms with Gasteiger partial charge in [0.25, 0.3) is 5.91 Å². The minimum Gasteiger partial charge on any atom is -0.367 e. The van der Waals surface area contributed by atoms with E-state index in [-0.39, 0.29) is 5.92 Å². The highest BCUT2D eigenvalue weighted by atomic mass is 19.1. The van der Waals surface area contributed by atoms with Crippen LogP contribution >= 0.6 is 0 Å². The average molecular weight is 159 g/mol. The zero-order valence-electron chi connectivity index (χ0n) is 6.55. The molecule has 1 amide bonds. The Morgan fingerprint density at radius 3 is 2.36 bits per heavy atom. The first kappa shape index (κ1) is 8.50. The lowest BCUT2D eigenvalue weighted by molar-refractivity contribution is -0.125. The van der Waals surface area contributed by atoms with Gasteiger partial charge < -0.3 is 5.73 Å². The highest BCUT2D eigenvalue weighted by Crippen LogP contribution is 2.27. The molecule has 1 saturated carbocycles. The van der Waals surface area contributed by atoms with Crippen LogP contribution in [0.2, 0.25) is 0 Å². The smallest absolute Gasteiger partial charge is 0.252 e. The fourth-order valence-corrected chi connectivity index (χ4v) is 1.66. The van der Waals surface area contributed by atoms with E-state index in [0.717, 1.165) is 25.7 Å². The van der Waals surface area contributed by atoms with Crippen LogP contribution in [0.25, 0.3) is 0 Å². The monoisotopic (exact) mass is 159 g/mol. The van der Waals surface area contributed by atoms with Crippen molar-refractivity contribution in [1.29, 1.82) is 0 Å². The summed E-state index contributed by atoms with van der Waals surface area (Å²) in [5.41, 5.74) is 4.85. The fourth-order valence-electron chi connectivity index (χ4n) is 1.66. The molecule has 1 aliphatic rings. The van der Waals surface area contributed by atoms with Crippen molar-refractivity contribution >= 4 is 5.91 Å². The van der Waals surface area contributed by atoms with Gasteiger partial charge in [-0.3, -0.25) is 4.79 Å². The van der Waals surface area contributed by atoms with Crippen LogP contribution in [0.5, 0.6) is 0 Å². The third-order valence-corrected chi connectivity index (χ3v) is 2.34. The topological polar surface area (TPSA) is 43.1 Å². The molecule has 2 N–H and O–H groups in total. The number of primary amides is 1. The number of rotatable bonds is 2. The zero-order valence-corrected chi connectivity index (χ0v) is 6.55. The van der Waals surface area contributed by atoms with Crippen LogP contribution in [0, 0.1) is 5.92 Å². The van der Waals surface area contributed by atoms with Crippen molar-refractivity contribution in [3.8, 4) is 0 Å².